The maximum absolute atomic E-state index is 8.68. The molecule has 0 spiro atoms. The van der Waals surface area contributed by atoms with Crippen molar-refractivity contribution >= 4 is 0 Å². The van der Waals surface area contributed by atoms with Crippen LogP contribution in [0.15, 0.2) is 4.52 Å². The minimum Gasteiger partial charge on any atom is -0.396 e. The standard InChI is InChI=1S/C11H20N2O2/c1-9-11(10(2)15-12-9)8-13(3)6-4-5-7-14/h14H,4-8H2,1-3H3. The van der Waals surface area contributed by atoms with E-state index in [2.05, 4.69) is 17.1 Å². The molecule has 1 N–H and O–H groups in total. The second-order valence-corrected chi connectivity index (χ2v) is 3.97. The molecule has 0 saturated carbocycles. The average Bonchev–Trinajstić information content (AvgIpc) is 2.50. The van der Waals surface area contributed by atoms with E-state index in [-0.39, 0.29) is 6.61 Å². The lowest BCUT2D eigenvalue weighted by Gasteiger charge is -2.15. The molecule has 1 heterocycles. The molecule has 0 aliphatic rings. The second kappa shape index (κ2) is 5.88. The Balaban J connectivity index is 2.40. The number of hydrogen-bond donors (Lipinski definition) is 1. The number of unbranched alkanes of at least 4 members (excludes halogenated alkanes) is 1. The molecule has 0 saturated heterocycles. The number of aromatic nitrogens is 1. The summed E-state index contributed by atoms with van der Waals surface area (Å²) in [5, 5.41) is 12.6. The van der Waals surface area contributed by atoms with Crippen LogP contribution in [0.4, 0.5) is 0 Å². The fourth-order valence-corrected chi connectivity index (χ4v) is 1.57. The Bertz CT molecular complexity index is 277. The monoisotopic (exact) mass is 212 g/mol. The van der Waals surface area contributed by atoms with Crippen molar-refractivity contribution in [2.75, 3.05) is 20.2 Å². The Morgan fingerprint density at radius 3 is 2.60 bits per heavy atom. The van der Waals surface area contributed by atoms with E-state index in [1.54, 1.807) is 0 Å². The summed E-state index contributed by atoms with van der Waals surface area (Å²) in [6.45, 7) is 6.04. The quantitative estimate of drug-likeness (QED) is 0.726. The van der Waals surface area contributed by atoms with Gasteiger partial charge in [0.25, 0.3) is 0 Å². The Morgan fingerprint density at radius 2 is 2.07 bits per heavy atom. The van der Waals surface area contributed by atoms with Gasteiger partial charge in [0, 0.05) is 18.7 Å². The van der Waals surface area contributed by atoms with Gasteiger partial charge in [-0.2, -0.15) is 0 Å². The van der Waals surface area contributed by atoms with Crippen LogP contribution in [0.1, 0.15) is 29.9 Å². The van der Waals surface area contributed by atoms with Crippen molar-refractivity contribution in [2.24, 2.45) is 0 Å². The highest BCUT2D eigenvalue weighted by Gasteiger charge is 2.10. The van der Waals surface area contributed by atoms with Crippen LogP contribution in [0.2, 0.25) is 0 Å². The summed E-state index contributed by atoms with van der Waals surface area (Å²) in [4.78, 5) is 2.22. The van der Waals surface area contributed by atoms with Crippen LogP contribution >= 0.6 is 0 Å². The molecule has 0 fully saturated rings. The van der Waals surface area contributed by atoms with Crippen molar-refractivity contribution in [1.82, 2.24) is 10.1 Å². The molecule has 0 atom stereocenters. The molecule has 0 bridgehead atoms. The van der Waals surface area contributed by atoms with Crippen LogP contribution in [0.3, 0.4) is 0 Å². The zero-order chi connectivity index (χ0) is 11.3. The number of nitrogens with zero attached hydrogens (tertiary/aromatic N) is 2. The molecule has 1 rings (SSSR count). The van der Waals surface area contributed by atoms with E-state index in [0.29, 0.717) is 0 Å². The molecule has 86 valence electrons. The minimum atomic E-state index is 0.277. The molecule has 15 heavy (non-hydrogen) atoms. The fraction of sp³-hybridized carbons (Fsp3) is 0.727. The number of rotatable bonds is 6. The molecule has 0 aliphatic heterocycles. The highest BCUT2D eigenvalue weighted by Crippen LogP contribution is 2.14. The molecule has 0 aromatic carbocycles. The van der Waals surface area contributed by atoms with Crippen LogP contribution in [-0.4, -0.2) is 35.4 Å². The van der Waals surface area contributed by atoms with Crippen molar-refractivity contribution in [3.63, 3.8) is 0 Å². The molecule has 1 aromatic rings. The molecule has 0 amide bonds. The van der Waals surface area contributed by atoms with Crippen LogP contribution < -0.4 is 0 Å². The average molecular weight is 212 g/mol. The van der Waals surface area contributed by atoms with Gasteiger partial charge in [0.2, 0.25) is 0 Å². The van der Waals surface area contributed by atoms with Crippen LogP contribution in [0.25, 0.3) is 0 Å². The van der Waals surface area contributed by atoms with Crippen molar-refractivity contribution in [1.29, 1.82) is 0 Å². The minimum absolute atomic E-state index is 0.277. The van der Waals surface area contributed by atoms with Gasteiger partial charge in [-0.05, 0) is 40.3 Å². The predicted molar refractivity (Wildman–Crippen MR) is 58.6 cm³/mol. The normalized spacial score (nSPS) is 11.3. The van der Waals surface area contributed by atoms with E-state index in [1.807, 2.05) is 13.8 Å². The van der Waals surface area contributed by atoms with Crippen LogP contribution in [0.5, 0.6) is 0 Å². The van der Waals surface area contributed by atoms with Gasteiger partial charge in [0.05, 0.1) is 5.69 Å². The summed E-state index contributed by atoms with van der Waals surface area (Å²) >= 11 is 0. The molecule has 1 aromatic heterocycles. The first kappa shape index (κ1) is 12.2. The van der Waals surface area contributed by atoms with E-state index in [9.17, 15) is 0 Å². The Hall–Kier alpha value is -0.870. The zero-order valence-electron chi connectivity index (χ0n) is 9.79. The van der Waals surface area contributed by atoms with Gasteiger partial charge < -0.3 is 14.5 Å². The topological polar surface area (TPSA) is 49.5 Å². The van der Waals surface area contributed by atoms with Crippen LogP contribution in [0, 0.1) is 13.8 Å². The molecular weight excluding hydrogens is 192 g/mol. The summed E-state index contributed by atoms with van der Waals surface area (Å²) in [5.74, 6) is 0.904. The van der Waals surface area contributed by atoms with Crippen molar-refractivity contribution in [3.8, 4) is 0 Å². The first-order valence-corrected chi connectivity index (χ1v) is 5.36. The smallest absolute Gasteiger partial charge is 0.138 e. The summed E-state index contributed by atoms with van der Waals surface area (Å²) < 4.78 is 5.11. The predicted octanol–water partition coefficient (Wildman–Crippen LogP) is 1.50. The van der Waals surface area contributed by atoms with E-state index in [4.69, 9.17) is 9.63 Å². The fourth-order valence-electron chi connectivity index (χ4n) is 1.57. The first-order valence-electron chi connectivity index (χ1n) is 5.36. The van der Waals surface area contributed by atoms with Gasteiger partial charge >= 0.3 is 0 Å². The summed E-state index contributed by atoms with van der Waals surface area (Å²) in [6.07, 6.45) is 1.89. The first-order chi connectivity index (χ1) is 7.15. The zero-order valence-corrected chi connectivity index (χ0v) is 9.79. The van der Waals surface area contributed by atoms with E-state index in [1.165, 1.54) is 5.56 Å². The van der Waals surface area contributed by atoms with Crippen molar-refractivity contribution in [2.45, 2.75) is 33.2 Å². The maximum atomic E-state index is 8.68. The van der Waals surface area contributed by atoms with Gasteiger partial charge in [0.1, 0.15) is 5.76 Å². The summed E-state index contributed by atoms with van der Waals surface area (Å²) in [6, 6.07) is 0. The van der Waals surface area contributed by atoms with Crippen LogP contribution in [-0.2, 0) is 6.54 Å². The van der Waals surface area contributed by atoms with E-state index >= 15 is 0 Å². The van der Waals surface area contributed by atoms with Gasteiger partial charge in [-0.3, -0.25) is 0 Å². The lowest BCUT2D eigenvalue weighted by Crippen LogP contribution is -2.20. The largest absolute Gasteiger partial charge is 0.396 e. The van der Waals surface area contributed by atoms with Crippen molar-refractivity contribution < 1.29 is 9.63 Å². The Kier molecular flexibility index (Phi) is 4.78. The molecule has 4 heteroatoms. The third-order valence-electron chi connectivity index (χ3n) is 2.56. The van der Waals surface area contributed by atoms with E-state index in [0.717, 1.165) is 37.4 Å². The lowest BCUT2D eigenvalue weighted by atomic mass is 10.2. The summed E-state index contributed by atoms with van der Waals surface area (Å²) in [7, 11) is 2.07. The van der Waals surface area contributed by atoms with E-state index < -0.39 is 0 Å². The highest BCUT2D eigenvalue weighted by molar-refractivity contribution is 5.20. The maximum Gasteiger partial charge on any atom is 0.138 e. The number of aryl methyl sites for hydroxylation is 2. The molecular formula is C11H20N2O2. The number of aliphatic hydroxyl groups excluding tert-OH is 1. The van der Waals surface area contributed by atoms with Gasteiger partial charge in [0.15, 0.2) is 0 Å². The van der Waals surface area contributed by atoms with Gasteiger partial charge in [-0.25, -0.2) is 0 Å². The lowest BCUT2D eigenvalue weighted by molar-refractivity contribution is 0.260. The highest BCUT2D eigenvalue weighted by atomic mass is 16.5. The second-order valence-electron chi connectivity index (χ2n) is 3.97. The molecule has 0 unspecified atom stereocenters. The van der Waals surface area contributed by atoms with Gasteiger partial charge in [-0.15, -0.1) is 0 Å². The van der Waals surface area contributed by atoms with Crippen molar-refractivity contribution in [3.05, 3.63) is 17.0 Å². The molecule has 0 aliphatic carbocycles. The Labute approximate surface area is 90.9 Å². The molecule has 4 nitrogen and oxygen atoms in total. The third-order valence-corrected chi connectivity index (χ3v) is 2.56. The SMILES string of the molecule is Cc1noc(C)c1CN(C)CCCCO. The molecule has 0 radical (unpaired) electrons. The number of hydrogen-bond acceptors (Lipinski definition) is 4. The van der Waals surface area contributed by atoms with Gasteiger partial charge in [-0.1, -0.05) is 5.16 Å². The Morgan fingerprint density at radius 1 is 1.33 bits per heavy atom. The summed E-state index contributed by atoms with van der Waals surface area (Å²) in [5.41, 5.74) is 2.16. The third kappa shape index (κ3) is 3.64. The number of aliphatic hydroxyl groups is 1.